The third-order valence-electron chi connectivity index (χ3n) is 4.05. The molecular formula is C16H24N2O2. The number of nitrogens with zero attached hydrogens (tertiary/aromatic N) is 1. The molecule has 0 amide bonds. The number of ether oxygens (including phenoxy) is 1. The minimum Gasteiger partial charge on any atom is -0.490 e. The molecule has 0 aromatic heterocycles. The molecule has 2 unspecified atom stereocenters. The fraction of sp³-hybridized carbons (Fsp3) is 0.562. The lowest BCUT2D eigenvalue weighted by atomic mass is 9.85. The zero-order chi connectivity index (χ0) is 14.4. The van der Waals surface area contributed by atoms with Gasteiger partial charge in [0.25, 0.3) is 0 Å². The first-order chi connectivity index (χ1) is 9.71. The first-order valence-corrected chi connectivity index (χ1v) is 7.43. The second kappa shape index (κ2) is 7.17. The van der Waals surface area contributed by atoms with E-state index in [9.17, 15) is 0 Å². The van der Waals surface area contributed by atoms with Crippen LogP contribution in [0.15, 0.2) is 29.4 Å². The molecule has 1 saturated carbocycles. The standard InChI is InChI=1S/C16H24N2O2/c1-2-12-4-3-5-15(10-12)20-14-8-6-13(7-9-14)11-16(17)18-19/h6-9,12,15,19H,2-5,10-11H2,1H3,(H2,17,18). The maximum absolute atomic E-state index is 8.55. The molecule has 20 heavy (non-hydrogen) atoms. The van der Waals surface area contributed by atoms with Crippen molar-refractivity contribution in [3.63, 3.8) is 0 Å². The van der Waals surface area contributed by atoms with Crippen LogP contribution in [0.1, 0.15) is 44.6 Å². The molecule has 1 fully saturated rings. The second-order valence-corrected chi connectivity index (χ2v) is 5.59. The molecule has 1 aliphatic rings. The minimum absolute atomic E-state index is 0.219. The Hall–Kier alpha value is -1.71. The van der Waals surface area contributed by atoms with E-state index in [1.54, 1.807) is 0 Å². The van der Waals surface area contributed by atoms with E-state index in [0.29, 0.717) is 12.5 Å². The smallest absolute Gasteiger partial charge is 0.143 e. The Labute approximate surface area is 120 Å². The number of nitrogens with two attached hydrogens (primary N) is 1. The summed E-state index contributed by atoms with van der Waals surface area (Å²) in [6, 6.07) is 7.87. The SMILES string of the molecule is CCC1CCCC(Oc2ccc(CC(N)=NO)cc2)C1. The van der Waals surface area contributed by atoms with E-state index < -0.39 is 0 Å². The lowest BCUT2D eigenvalue weighted by Gasteiger charge is -2.29. The Morgan fingerprint density at radius 3 is 2.75 bits per heavy atom. The van der Waals surface area contributed by atoms with Gasteiger partial charge >= 0.3 is 0 Å². The van der Waals surface area contributed by atoms with E-state index in [2.05, 4.69) is 12.1 Å². The van der Waals surface area contributed by atoms with Crippen LogP contribution in [0.3, 0.4) is 0 Å². The minimum atomic E-state index is 0.219. The van der Waals surface area contributed by atoms with Crippen LogP contribution in [-0.4, -0.2) is 17.1 Å². The van der Waals surface area contributed by atoms with Crippen molar-refractivity contribution in [3.8, 4) is 5.75 Å². The number of amidine groups is 1. The Bertz CT molecular complexity index is 442. The van der Waals surface area contributed by atoms with Crippen LogP contribution in [0.2, 0.25) is 0 Å². The Morgan fingerprint density at radius 2 is 2.10 bits per heavy atom. The van der Waals surface area contributed by atoms with E-state index in [-0.39, 0.29) is 5.84 Å². The normalized spacial score (nSPS) is 23.6. The van der Waals surface area contributed by atoms with Crippen LogP contribution in [0.5, 0.6) is 5.75 Å². The van der Waals surface area contributed by atoms with Crippen molar-refractivity contribution in [3.05, 3.63) is 29.8 Å². The van der Waals surface area contributed by atoms with Crippen molar-refractivity contribution in [1.82, 2.24) is 0 Å². The van der Waals surface area contributed by atoms with Crippen LogP contribution in [0, 0.1) is 5.92 Å². The van der Waals surface area contributed by atoms with Crippen molar-refractivity contribution in [2.75, 3.05) is 0 Å². The molecule has 110 valence electrons. The molecule has 3 N–H and O–H groups in total. The third-order valence-corrected chi connectivity index (χ3v) is 4.05. The van der Waals surface area contributed by atoms with E-state index in [1.807, 2.05) is 24.3 Å². The Morgan fingerprint density at radius 1 is 1.35 bits per heavy atom. The molecule has 4 heteroatoms. The highest BCUT2D eigenvalue weighted by molar-refractivity contribution is 5.82. The summed E-state index contributed by atoms with van der Waals surface area (Å²) in [5, 5.41) is 11.5. The molecule has 0 heterocycles. The molecule has 1 aromatic carbocycles. The lowest BCUT2D eigenvalue weighted by Crippen LogP contribution is -2.25. The summed E-state index contributed by atoms with van der Waals surface area (Å²) in [5.41, 5.74) is 6.51. The maximum atomic E-state index is 8.55. The summed E-state index contributed by atoms with van der Waals surface area (Å²) < 4.78 is 6.06. The van der Waals surface area contributed by atoms with Crippen LogP contribution in [-0.2, 0) is 6.42 Å². The molecule has 1 aliphatic carbocycles. The van der Waals surface area contributed by atoms with Gasteiger partial charge in [-0.15, -0.1) is 0 Å². The highest BCUT2D eigenvalue weighted by atomic mass is 16.5. The molecule has 0 spiro atoms. The van der Waals surface area contributed by atoms with Gasteiger partial charge in [0.15, 0.2) is 0 Å². The fourth-order valence-corrected chi connectivity index (χ4v) is 2.84. The second-order valence-electron chi connectivity index (χ2n) is 5.59. The largest absolute Gasteiger partial charge is 0.490 e. The number of hydrogen-bond donors (Lipinski definition) is 2. The summed E-state index contributed by atoms with van der Waals surface area (Å²) in [6.07, 6.45) is 6.99. The molecule has 0 radical (unpaired) electrons. The topological polar surface area (TPSA) is 67.8 Å². The van der Waals surface area contributed by atoms with E-state index in [1.165, 1.54) is 25.7 Å². The van der Waals surface area contributed by atoms with Gasteiger partial charge in [-0.2, -0.15) is 0 Å². The fourth-order valence-electron chi connectivity index (χ4n) is 2.84. The average Bonchev–Trinajstić information content (AvgIpc) is 2.49. The van der Waals surface area contributed by atoms with Crippen LogP contribution < -0.4 is 10.5 Å². The van der Waals surface area contributed by atoms with Crippen molar-refractivity contribution >= 4 is 5.84 Å². The first-order valence-electron chi connectivity index (χ1n) is 7.43. The number of hydrogen-bond acceptors (Lipinski definition) is 3. The zero-order valence-electron chi connectivity index (χ0n) is 12.1. The van der Waals surface area contributed by atoms with Gasteiger partial charge in [0.1, 0.15) is 11.6 Å². The van der Waals surface area contributed by atoms with E-state index in [0.717, 1.165) is 23.7 Å². The highest BCUT2D eigenvalue weighted by Crippen LogP contribution is 2.29. The summed E-state index contributed by atoms with van der Waals surface area (Å²) in [7, 11) is 0. The Kier molecular flexibility index (Phi) is 5.27. The van der Waals surface area contributed by atoms with E-state index >= 15 is 0 Å². The molecule has 0 aliphatic heterocycles. The van der Waals surface area contributed by atoms with Crippen molar-refractivity contribution in [2.45, 2.75) is 51.6 Å². The lowest BCUT2D eigenvalue weighted by molar-refractivity contribution is 0.122. The maximum Gasteiger partial charge on any atom is 0.143 e. The molecule has 2 rings (SSSR count). The molecule has 4 nitrogen and oxygen atoms in total. The van der Waals surface area contributed by atoms with Gasteiger partial charge < -0.3 is 15.7 Å². The van der Waals surface area contributed by atoms with Crippen LogP contribution in [0.25, 0.3) is 0 Å². The summed E-state index contributed by atoms with van der Waals surface area (Å²) >= 11 is 0. The predicted octanol–water partition coefficient (Wildman–Crippen LogP) is 3.32. The summed E-state index contributed by atoms with van der Waals surface area (Å²) in [5.74, 6) is 1.94. The van der Waals surface area contributed by atoms with Crippen LogP contribution in [0.4, 0.5) is 0 Å². The predicted molar refractivity (Wildman–Crippen MR) is 80.2 cm³/mol. The van der Waals surface area contributed by atoms with Crippen LogP contribution >= 0.6 is 0 Å². The van der Waals surface area contributed by atoms with E-state index in [4.69, 9.17) is 15.7 Å². The quantitative estimate of drug-likeness (QED) is 0.375. The average molecular weight is 276 g/mol. The molecular weight excluding hydrogens is 252 g/mol. The van der Waals surface area contributed by atoms with Crippen molar-refractivity contribution < 1.29 is 9.94 Å². The van der Waals surface area contributed by atoms with Crippen molar-refractivity contribution in [2.24, 2.45) is 16.8 Å². The van der Waals surface area contributed by atoms with Gasteiger partial charge in [-0.25, -0.2) is 0 Å². The number of rotatable bonds is 5. The third kappa shape index (κ3) is 4.15. The molecule has 2 atom stereocenters. The van der Waals surface area contributed by atoms with Crippen molar-refractivity contribution in [1.29, 1.82) is 0 Å². The highest BCUT2D eigenvalue weighted by Gasteiger charge is 2.21. The van der Waals surface area contributed by atoms with Gasteiger partial charge in [-0.3, -0.25) is 0 Å². The summed E-state index contributed by atoms with van der Waals surface area (Å²) in [4.78, 5) is 0. The molecule has 0 bridgehead atoms. The number of benzene rings is 1. The molecule has 1 aromatic rings. The van der Waals surface area contributed by atoms with Gasteiger partial charge in [0.2, 0.25) is 0 Å². The van der Waals surface area contributed by atoms with Gasteiger partial charge in [0, 0.05) is 6.42 Å². The first kappa shape index (κ1) is 14.7. The summed E-state index contributed by atoms with van der Waals surface area (Å²) in [6.45, 7) is 2.26. The monoisotopic (exact) mass is 276 g/mol. The number of oxime groups is 1. The van der Waals surface area contributed by atoms with Gasteiger partial charge in [-0.05, 0) is 42.9 Å². The van der Waals surface area contributed by atoms with Gasteiger partial charge in [0.05, 0.1) is 6.10 Å². The zero-order valence-corrected chi connectivity index (χ0v) is 12.1. The Balaban J connectivity index is 1.90. The molecule has 0 saturated heterocycles. The van der Waals surface area contributed by atoms with Gasteiger partial charge in [-0.1, -0.05) is 37.1 Å².